The molecule has 0 bridgehead atoms. The molecule has 0 aliphatic heterocycles. The molecular formula is C14H24IN3O. The lowest BCUT2D eigenvalue weighted by atomic mass is 9.97. The molecule has 0 aromatic heterocycles. The summed E-state index contributed by atoms with van der Waals surface area (Å²) in [6.45, 7) is 4.50. The van der Waals surface area contributed by atoms with Gasteiger partial charge in [0.2, 0.25) is 0 Å². The van der Waals surface area contributed by atoms with E-state index in [4.69, 9.17) is 5.73 Å². The maximum Gasteiger partial charge on any atom is 0.193 e. The molecule has 0 aliphatic rings. The molecule has 0 saturated heterocycles. The van der Waals surface area contributed by atoms with Crippen LogP contribution in [0.25, 0.3) is 0 Å². The van der Waals surface area contributed by atoms with Crippen molar-refractivity contribution in [3.05, 3.63) is 30.3 Å². The Hall–Kier alpha value is -0.820. The van der Waals surface area contributed by atoms with Crippen LogP contribution in [-0.4, -0.2) is 23.7 Å². The Morgan fingerprint density at radius 1 is 1.26 bits per heavy atom. The zero-order valence-corrected chi connectivity index (χ0v) is 13.9. The molecule has 1 atom stereocenters. The highest BCUT2D eigenvalue weighted by Gasteiger charge is 2.14. The fourth-order valence-corrected chi connectivity index (χ4v) is 1.88. The normalized spacial score (nSPS) is 12.9. The highest BCUT2D eigenvalue weighted by molar-refractivity contribution is 14.0. The quantitative estimate of drug-likeness (QED) is 0.406. The van der Waals surface area contributed by atoms with E-state index in [9.17, 15) is 5.11 Å². The molecule has 19 heavy (non-hydrogen) atoms. The fraction of sp³-hybridized carbons (Fsp3) is 0.500. The third-order valence-electron chi connectivity index (χ3n) is 3.09. The molecule has 1 unspecified atom stereocenters. The van der Waals surface area contributed by atoms with Gasteiger partial charge in [-0.1, -0.05) is 44.9 Å². The van der Waals surface area contributed by atoms with E-state index in [2.05, 4.69) is 24.2 Å². The van der Waals surface area contributed by atoms with Crippen molar-refractivity contribution in [3.63, 3.8) is 0 Å². The SMILES string of the molecule is CCC(CC)C(O)CN=C(N)Nc1ccccc1.I. The first-order valence-corrected chi connectivity index (χ1v) is 6.47. The number of aliphatic hydroxyl groups is 1. The Morgan fingerprint density at radius 3 is 2.37 bits per heavy atom. The third-order valence-corrected chi connectivity index (χ3v) is 3.09. The van der Waals surface area contributed by atoms with Gasteiger partial charge in [0, 0.05) is 5.69 Å². The second kappa shape index (κ2) is 10.0. The van der Waals surface area contributed by atoms with Crippen molar-refractivity contribution < 1.29 is 5.11 Å². The van der Waals surface area contributed by atoms with E-state index in [0.717, 1.165) is 18.5 Å². The van der Waals surface area contributed by atoms with Crippen molar-refractivity contribution in [3.8, 4) is 0 Å². The summed E-state index contributed by atoms with van der Waals surface area (Å²) in [4.78, 5) is 4.17. The molecule has 1 rings (SSSR count). The van der Waals surface area contributed by atoms with Gasteiger partial charge >= 0.3 is 0 Å². The summed E-state index contributed by atoms with van der Waals surface area (Å²) in [6.07, 6.45) is 1.49. The second-order valence-electron chi connectivity index (χ2n) is 4.36. The number of hydrogen-bond acceptors (Lipinski definition) is 2. The Bertz CT molecular complexity index is 366. The fourth-order valence-electron chi connectivity index (χ4n) is 1.88. The molecular weight excluding hydrogens is 353 g/mol. The molecule has 108 valence electrons. The van der Waals surface area contributed by atoms with Gasteiger partial charge in [-0.2, -0.15) is 0 Å². The van der Waals surface area contributed by atoms with Crippen molar-refractivity contribution in [1.82, 2.24) is 0 Å². The average Bonchev–Trinajstić information content (AvgIpc) is 2.39. The summed E-state index contributed by atoms with van der Waals surface area (Å²) in [5.41, 5.74) is 6.66. The number of hydrogen-bond donors (Lipinski definition) is 3. The minimum absolute atomic E-state index is 0. The van der Waals surface area contributed by atoms with Gasteiger partial charge in [0.15, 0.2) is 5.96 Å². The highest BCUT2D eigenvalue weighted by Crippen LogP contribution is 2.13. The molecule has 0 fully saturated rings. The molecule has 5 heteroatoms. The van der Waals surface area contributed by atoms with E-state index in [1.165, 1.54) is 0 Å². The van der Waals surface area contributed by atoms with Crippen molar-refractivity contribution in [1.29, 1.82) is 0 Å². The molecule has 0 heterocycles. The van der Waals surface area contributed by atoms with Crippen molar-refractivity contribution in [2.75, 3.05) is 11.9 Å². The number of benzene rings is 1. The first-order valence-electron chi connectivity index (χ1n) is 6.47. The summed E-state index contributed by atoms with van der Waals surface area (Å²) in [5, 5.41) is 12.9. The monoisotopic (exact) mass is 377 g/mol. The number of para-hydroxylation sites is 1. The van der Waals surface area contributed by atoms with E-state index in [1.54, 1.807) is 0 Å². The molecule has 0 amide bonds. The van der Waals surface area contributed by atoms with Gasteiger partial charge in [0.1, 0.15) is 0 Å². The number of rotatable bonds is 6. The highest BCUT2D eigenvalue weighted by atomic mass is 127. The number of nitrogens with zero attached hydrogens (tertiary/aromatic N) is 1. The van der Waals surface area contributed by atoms with Gasteiger partial charge in [-0.25, -0.2) is 0 Å². The number of nitrogens with one attached hydrogen (secondary N) is 1. The van der Waals surface area contributed by atoms with Crippen LogP contribution in [0.15, 0.2) is 35.3 Å². The molecule has 4 nitrogen and oxygen atoms in total. The molecule has 4 N–H and O–H groups in total. The molecule has 0 radical (unpaired) electrons. The zero-order valence-electron chi connectivity index (χ0n) is 11.5. The largest absolute Gasteiger partial charge is 0.391 e. The molecule has 0 aliphatic carbocycles. The number of anilines is 1. The van der Waals surface area contributed by atoms with Gasteiger partial charge in [0.25, 0.3) is 0 Å². The zero-order chi connectivity index (χ0) is 13.4. The standard InChI is InChI=1S/C14H23N3O.HI/c1-3-11(4-2)13(18)10-16-14(15)17-12-8-6-5-7-9-12;/h5-9,11,13,18H,3-4,10H2,1-2H3,(H3,15,16,17);1H. The molecule has 1 aromatic rings. The summed E-state index contributed by atoms with van der Waals surface area (Å²) >= 11 is 0. The molecule has 1 aromatic carbocycles. The van der Waals surface area contributed by atoms with Crippen LogP contribution in [0.3, 0.4) is 0 Å². The van der Waals surface area contributed by atoms with Gasteiger partial charge < -0.3 is 16.2 Å². The predicted molar refractivity (Wildman–Crippen MR) is 92.0 cm³/mol. The number of aliphatic hydroxyl groups excluding tert-OH is 1. The van der Waals surface area contributed by atoms with Crippen LogP contribution in [0.5, 0.6) is 0 Å². The third kappa shape index (κ3) is 6.77. The summed E-state index contributed by atoms with van der Waals surface area (Å²) < 4.78 is 0. The van der Waals surface area contributed by atoms with Gasteiger partial charge in [0.05, 0.1) is 12.6 Å². The van der Waals surface area contributed by atoms with E-state index in [-0.39, 0.29) is 24.0 Å². The van der Waals surface area contributed by atoms with Gasteiger partial charge in [-0.15, -0.1) is 24.0 Å². The summed E-state index contributed by atoms with van der Waals surface area (Å²) in [6, 6.07) is 9.62. The van der Waals surface area contributed by atoms with Gasteiger partial charge in [-0.3, -0.25) is 4.99 Å². The summed E-state index contributed by atoms with van der Waals surface area (Å²) in [7, 11) is 0. The minimum Gasteiger partial charge on any atom is -0.391 e. The number of nitrogens with two attached hydrogens (primary N) is 1. The van der Waals surface area contributed by atoms with E-state index < -0.39 is 6.10 Å². The van der Waals surface area contributed by atoms with E-state index >= 15 is 0 Å². The van der Waals surface area contributed by atoms with E-state index in [1.807, 2.05) is 30.3 Å². The lowest BCUT2D eigenvalue weighted by Gasteiger charge is -2.18. The first-order chi connectivity index (χ1) is 8.67. The Labute approximate surface area is 132 Å². The van der Waals surface area contributed by atoms with Gasteiger partial charge in [-0.05, 0) is 18.1 Å². The van der Waals surface area contributed by atoms with Crippen LogP contribution < -0.4 is 11.1 Å². The predicted octanol–water partition coefficient (Wildman–Crippen LogP) is 2.83. The Balaban J connectivity index is 0.00000324. The van der Waals surface area contributed by atoms with E-state index in [0.29, 0.717) is 18.4 Å². The first kappa shape index (κ1) is 18.2. The van der Waals surface area contributed by atoms with Crippen molar-refractivity contribution in [2.45, 2.75) is 32.8 Å². The average molecular weight is 377 g/mol. The smallest absolute Gasteiger partial charge is 0.193 e. The van der Waals surface area contributed by atoms with Crippen molar-refractivity contribution >= 4 is 35.6 Å². The minimum atomic E-state index is -0.420. The topological polar surface area (TPSA) is 70.6 Å². The lowest BCUT2D eigenvalue weighted by molar-refractivity contribution is 0.111. The maximum atomic E-state index is 9.93. The number of aliphatic imine (C=N–C) groups is 1. The van der Waals surface area contributed by atoms with Crippen LogP contribution >= 0.6 is 24.0 Å². The Kier molecular flexibility index (Phi) is 9.59. The molecule has 0 spiro atoms. The number of guanidine groups is 1. The van der Waals surface area contributed by atoms with Crippen LogP contribution in [-0.2, 0) is 0 Å². The lowest BCUT2D eigenvalue weighted by Crippen LogP contribution is -2.27. The van der Waals surface area contributed by atoms with Crippen molar-refractivity contribution in [2.24, 2.45) is 16.6 Å². The molecule has 0 saturated carbocycles. The van der Waals surface area contributed by atoms with Crippen LogP contribution in [0.1, 0.15) is 26.7 Å². The summed E-state index contributed by atoms with van der Waals surface area (Å²) in [5.74, 6) is 0.629. The number of halogens is 1. The second-order valence-corrected chi connectivity index (χ2v) is 4.36. The van der Waals surface area contributed by atoms with Crippen LogP contribution in [0, 0.1) is 5.92 Å². The van der Waals surface area contributed by atoms with Crippen LogP contribution in [0.2, 0.25) is 0 Å². The van der Waals surface area contributed by atoms with Crippen LogP contribution in [0.4, 0.5) is 5.69 Å². The Morgan fingerprint density at radius 2 is 1.84 bits per heavy atom. The maximum absolute atomic E-state index is 9.93.